The number of benzene rings is 2. The quantitative estimate of drug-likeness (QED) is 0.515. The maximum absolute atomic E-state index is 10.1. The molecule has 1 aliphatic heterocycles. The molecule has 28 heavy (non-hydrogen) atoms. The summed E-state index contributed by atoms with van der Waals surface area (Å²) < 4.78 is 5.68. The fraction of sp³-hybridized carbons (Fsp3) is 0.318. The van der Waals surface area contributed by atoms with Crippen molar-refractivity contribution in [3.8, 4) is 11.8 Å². The molecule has 0 spiro atoms. The highest BCUT2D eigenvalue weighted by atomic mass is 35.5. The van der Waals surface area contributed by atoms with Gasteiger partial charge in [-0.3, -0.25) is 0 Å². The molecule has 2 aromatic rings. The molecule has 1 aliphatic rings. The van der Waals surface area contributed by atoms with Crippen molar-refractivity contribution in [3.05, 3.63) is 63.6 Å². The number of allylic oxidation sites excluding steroid dienone is 1. The van der Waals surface area contributed by atoms with Crippen LogP contribution in [0.4, 0.5) is 0 Å². The lowest BCUT2D eigenvalue weighted by atomic mass is 10.0. The van der Waals surface area contributed by atoms with Gasteiger partial charge < -0.3 is 14.7 Å². The van der Waals surface area contributed by atoms with Gasteiger partial charge in [0.05, 0.1) is 21.7 Å². The number of hydrogen-bond donors (Lipinski definition) is 1. The predicted molar refractivity (Wildman–Crippen MR) is 114 cm³/mol. The molecule has 2 aromatic carbocycles. The van der Waals surface area contributed by atoms with Crippen molar-refractivity contribution in [2.45, 2.75) is 18.9 Å². The Labute approximate surface area is 175 Å². The van der Waals surface area contributed by atoms with E-state index >= 15 is 0 Å². The van der Waals surface area contributed by atoms with Gasteiger partial charge in [0.25, 0.3) is 0 Å². The molecule has 1 atom stereocenters. The van der Waals surface area contributed by atoms with Crippen LogP contribution in [0, 0.1) is 11.3 Å². The Morgan fingerprint density at radius 2 is 1.86 bits per heavy atom. The lowest BCUT2D eigenvalue weighted by molar-refractivity contribution is 0.0758. The zero-order valence-corrected chi connectivity index (χ0v) is 17.0. The summed E-state index contributed by atoms with van der Waals surface area (Å²) in [5.74, 6) is 0.686. The Bertz CT molecular complexity index is 869. The summed E-state index contributed by atoms with van der Waals surface area (Å²) in [6.07, 6.45) is 3.69. The Balaban J connectivity index is 1.60. The molecule has 4 nitrogen and oxygen atoms in total. The van der Waals surface area contributed by atoms with Crippen LogP contribution in [0.25, 0.3) is 11.6 Å². The summed E-state index contributed by atoms with van der Waals surface area (Å²) in [6, 6.07) is 14.7. The highest BCUT2D eigenvalue weighted by Gasteiger charge is 2.16. The SMILES string of the molecule is N#C/C(=C\c1ccc(OCC(O)CN2CCCC2)cc1)c1ccc(Cl)c(Cl)c1. The van der Waals surface area contributed by atoms with Gasteiger partial charge in [0.1, 0.15) is 18.5 Å². The van der Waals surface area contributed by atoms with E-state index in [0.717, 1.165) is 18.7 Å². The minimum absolute atomic E-state index is 0.262. The maximum Gasteiger partial charge on any atom is 0.119 e. The summed E-state index contributed by atoms with van der Waals surface area (Å²) >= 11 is 12.0. The van der Waals surface area contributed by atoms with Crippen LogP contribution in [0.1, 0.15) is 24.0 Å². The van der Waals surface area contributed by atoms with E-state index < -0.39 is 6.10 Å². The molecule has 146 valence electrons. The van der Waals surface area contributed by atoms with Crippen LogP contribution in [0.15, 0.2) is 42.5 Å². The van der Waals surface area contributed by atoms with Crippen LogP contribution in [0.5, 0.6) is 5.75 Å². The molecule has 0 amide bonds. The third-order valence-corrected chi connectivity index (χ3v) is 5.39. The Morgan fingerprint density at radius 3 is 2.50 bits per heavy atom. The Hall–Kier alpha value is -2.03. The summed E-state index contributed by atoms with van der Waals surface area (Å²) in [6.45, 7) is 3.02. The lowest BCUT2D eigenvalue weighted by Gasteiger charge is -2.19. The summed E-state index contributed by atoms with van der Waals surface area (Å²) in [5, 5.41) is 20.4. The van der Waals surface area contributed by atoms with E-state index in [0.29, 0.717) is 33.5 Å². The molecule has 6 heteroatoms. The van der Waals surface area contributed by atoms with E-state index in [1.54, 1.807) is 24.3 Å². The molecule has 0 aliphatic carbocycles. The van der Waals surface area contributed by atoms with Gasteiger partial charge in [0.15, 0.2) is 0 Å². The molecular formula is C22H22Cl2N2O2. The lowest BCUT2D eigenvalue weighted by Crippen LogP contribution is -2.33. The van der Waals surface area contributed by atoms with Gasteiger partial charge in [-0.25, -0.2) is 0 Å². The highest BCUT2D eigenvalue weighted by Crippen LogP contribution is 2.27. The zero-order chi connectivity index (χ0) is 19.9. The maximum atomic E-state index is 10.1. The highest BCUT2D eigenvalue weighted by molar-refractivity contribution is 6.42. The van der Waals surface area contributed by atoms with Gasteiger partial charge in [0, 0.05) is 6.54 Å². The standard InChI is InChI=1S/C22H22Cl2N2O2/c23-21-8-5-17(12-22(21)24)18(13-25)11-16-3-6-20(7-4-16)28-15-19(27)14-26-9-1-2-10-26/h3-8,11-12,19,27H,1-2,9-10,14-15H2/b18-11+. The number of likely N-dealkylation sites (tertiary alicyclic amines) is 1. The number of aliphatic hydroxyl groups is 1. The molecule has 3 rings (SSSR count). The first kappa shape index (κ1) is 20.7. The predicted octanol–water partition coefficient (Wildman–Crippen LogP) is 4.89. The van der Waals surface area contributed by atoms with E-state index in [1.165, 1.54) is 12.8 Å². The van der Waals surface area contributed by atoms with Crippen molar-refractivity contribution in [2.24, 2.45) is 0 Å². The zero-order valence-electron chi connectivity index (χ0n) is 15.4. The van der Waals surface area contributed by atoms with Gasteiger partial charge in [-0.2, -0.15) is 5.26 Å². The number of halogens is 2. The number of nitrogens with zero attached hydrogens (tertiary/aromatic N) is 2. The molecule has 0 bridgehead atoms. The molecule has 1 saturated heterocycles. The topological polar surface area (TPSA) is 56.5 Å². The van der Waals surface area contributed by atoms with Gasteiger partial charge in [-0.05, 0) is 67.4 Å². The second-order valence-corrected chi connectivity index (χ2v) is 7.65. The molecule has 0 aromatic heterocycles. The van der Waals surface area contributed by atoms with Gasteiger partial charge in [-0.1, -0.05) is 41.4 Å². The summed E-state index contributed by atoms with van der Waals surface area (Å²) in [5.41, 5.74) is 2.07. The average molecular weight is 417 g/mol. The van der Waals surface area contributed by atoms with Crippen LogP contribution in [0.2, 0.25) is 10.0 Å². The van der Waals surface area contributed by atoms with Crippen molar-refractivity contribution < 1.29 is 9.84 Å². The van der Waals surface area contributed by atoms with E-state index in [2.05, 4.69) is 11.0 Å². The molecule has 0 saturated carbocycles. The van der Waals surface area contributed by atoms with Gasteiger partial charge >= 0.3 is 0 Å². The fourth-order valence-corrected chi connectivity index (χ4v) is 3.48. The monoisotopic (exact) mass is 416 g/mol. The Morgan fingerprint density at radius 1 is 1.14 bits per heavy atom. The van der Waals surface area contributed by atoms with E-state index in [4.69, 9.17) is 27.9 Å². The van der Waals surface area contributed by atoms with Crippen molar-refractivity contribution in [1.82, 2.24) is 4.90 Å². The molecule has 1 fully saturated rings. The van der Waals surface area contributed by atoms with E-state index in [9.17, 15) is 10.4 Å². The van der Waals surface area contributed by atoms with E-state index in [-0.39, 0.29) is 6.61 Å². The Kier molecular flexibility index (Phi) is 7.36. The normalized spacial score (nSPS) is 16.0. The largest absolute Gasteiger partial charge is 0.491 e. The van der Waals surface area contributed by atoms with Gasteiger partial charge in [-0.15, -0.1) is 0 Å². The van der Waals surface area contributed by atoms with Crippen molar-refractivity contribution in [3.63, 3.8) is 0 Å². The van der Waals surface area contributed by atoms with Gasteiger partial charge in [0.2, 0.25) is 0 Å². The first-order chi connectivity index (χ1) is 13.5. The first-order valence-electron chi connectivity index (χ1n) is 9.25. The number of rotatable bonds is 7. The van der Waals surface area contributed by atoms with Crippen LogP contribution in [-0.2, 0) is 0 Å². The van der Waals surface area contributed by atoms with Crippen molar-refractivity contribution >= 4 is 34.9 Å². The summed E-state index contributed by atoms with van der Waals surface area (Å²) in [4.78, 5) is 2.26. The number of aliphatic hydroxyl groups excluding tert-OH is 1. The minimum Gasteiger partial charge on any atom is -0.491 e. The molecule has 1 N–H and O–H groups in total. The molecule has 1 heterocycles. The van der Waals surface area contributed by atoms with E-state index in [1.807, 2.05) is 24.3 Å². The van der Waals surface area contributed by atoms with Crippen molar-refractivity contribution in [1.29, 1.82) is 5.26 Å². The second-order valence-electron chi connectivity index (χ2n) is 6.84. The summed E-state index contributed by atoms with van der Waals surface area (Å²) in [7, 11) is 0. The second kappa shape index (κ2) is 9.95. The fourth-order valence-electron chi connectivity index (χ4n) is 3.18. The average Bonchev–Trinajstić information content (AvgIpc) is 3.20. The molecule has 1 unspecified atom stereocenters. The van der Waals surface area contributed by atoms with Crippen LogP contribution < -0.4 is 4.74 Å². The molecular weight excluding hydrogens is 395 g/mol. The van der Waals surface area contributed by atoms with Crippen LogP contribution in [-0.4, -0.2) is 42.4 Å². The molecule has 0 radical (unpaired) electrons. The third kappa shape index (κ3) is 5.73. The smallest absolute Gasteiger partial charge is 0.119 e. The minimum atomic E-state index is -0.502. The number of ether oxygens (including phenoxy) is 1. The number of β-amino-alcohol motifs (C(OH)–C–C–N with tert-alkyl or cyclic N) is 1. The van der Waals surface area contributed by atoms with Crippen LogP contribution >= 0.6 is 23.2 Å². The van der Waals surface area contributed by atoms with Crippen molar-refractivity contribution in [2.75, 3.05) is 26.2 Å². The number of nitriles is 1. The third-order valence-electron chi connectivity index (χ3n) is 4.65. The first-order valence-corrected chi connectivity index (χ1v) is 10.0. The van der Waals surface area contributed by atoms with Crippen LogP contribution in [0.3, 0.4) is 0 Å². The number of hydrogen-bond acceptors (Lipinski definition) is 4.